The number of hydrogen-bond donors (Lipinski definition) is 2. The molecule has 0 aliphatic carbocycles. The Hall–Kier alpha value is -2.00. The number of aliphatic carboxylic acids is 1. The van der Waals surface area contributed by atoms with Gasteiger partial charge in [-0.15, -0.1) is 0 Å². The molecule has 21 heavy (non-hydrogen) atoms. The second kappa shape index (κ2) is 6.64. The Morgan fingerprint density at radius 1 is 1.38 bits per heavy atom. The molecular formula is C12H16N2O6S. The normalized spacial score (nSPS) is 11.3. The van der Waals surface area contributed by atoms with Gasteiger partial charge in [0.1, 0.15) is 0 Å². The van der Waals surface area contributed by atoms with Crippen molar-refractivity contribution in [3.05, 3.63) is 33.4 Å². The molecule has 0 aliphatic rings. The Morgan fingerprint density at radius 3 is 2.52 bits per heavy atom. The lowest BCUT2D eigenvalue weighted by molar-refractivity contribution is -0.387. The molecule has 0 fully saturated rings. The molecule has 9 heteroatoms. The minimum absolute atomic E-state index is 0.0980. The molecule has 0 amide bonds. The van der Waals surface area contributed by atoms with E-state index in [4.69, 9.17) is 5.11 Å². The minimum atomic E-state index is -4.07. The summed E-state index contributed by atoms with van der Waals surface area (Å²) >= 11 is 0. The van der Waals surface area contributed by atoms with Gasteiger partial charge in [-0.25, -0.2) is 13.1 Å². The molecule has 0 heterocycles. The predicted octanol–water partition coefficient (Wildman–Crippen LogP) is 1.35. The average molecular weight is 316 g/mol. The Kier molecular flexibility index (Phi) is 5.39. The molecule has 0 radical (unpaired) electrons. The second-order valence-corrected chi connectivity index (χ2v) is 6.21. The van der Waals surface area contributed by atoms with Gasteiger partial charge < -0.3 is 5.11 Å². The molecule has 1 aromatic carbocycles. The van der Waals surface area contributed by atoms with Crippen molar-refractivity contribution in [2.24, 2.45) is 0 Å². The highest BCUT2D eigenvalue weighted by molar-refractivity contribution is 7.89. The Balaban J connectivity index is 3.10. The number of nitrogens with zero attached hydrogens (tertiary/aromatic N) is 1. The summed E-state index contributed by atoms with van der Waals surface area (Å²) in [5, 5.41) is 19.5. The first kappa shape index (κ1) is 17.1. The van der Waals surface area contributed by atoms with Gasteiger partial charge in [-0.2, -0.15) is 0 Å². The summed E-state index contributed by atoms with van der Waals surface area (Å²) in [5.41, 5.74) is 0.422. The molecule has 0 saturated carbocycles. The van der Waals surface area contributed by atoms with Gasteiger partial charge in [0.25, 0.3) is 5.69 Å². The fourth-order valence-electron chi connectivity index (χ4n) is 1.78. The standard InChI is InChI=1S/C12H16N2O6S/c1-8-5-6-10(14(17)18)12(9(8)2)21(19,20)13-7-3-4-11(15)16/h5-6,13H,3-4,7H2,1-2H3,(H,15,16). The number of nitrogens with one attached hydrogen (secondary N) is 1. The third kappa shape index (κ3) is 4.23. The minimum Gasteiger partial charge on any atom is -0.481 e. The van der Waals surface area contributed by atoms with Crippen molar-refractivity contribution < 1.29 is 23.2 Å². The zero-order valence-corrected chi connectivity index (χ0v) is 12.4. The number of aryl methyl sites for hydroxylation is 1. The first-order chi connectivity index (χ1) is 9.66. The van der Waals surface area contributed by atoms with Crippen LogP contribution in [-0.2, 0) is 14.8 Å². The Morgan fingerprint density at radius 2 is 2.00 bits per heavy atom. The Labute approximate surface area is 122 Å². The maximum Gasteiger partial charge on any atom is 0.303 e. The third-order valence-corrected chi connectivity index (χ3v) is 4.62. The van der Waals surface area contributed by atoms with E-state index in [1.807, 2.05) is 0 Å². The molecule has 1 aromatic rings. The van der Waals surface area contributed by atoms with Crippen LogP contribution in [0.3, 0.4) is 0 Å². The van der Waals surface area contributed by atoms with Crippen LogP contribution in [0.4, 0.5) is 5.69 Å². The van der Waals surface area contributed by atoms with Crippen molar-refractivity contribution in [1.82, 2.24) is 4.72 Å². The van der Waals surface area contributed by atoms with Crippen molar-refractivity contribution in [1.29, 1.82) is 0 Å². The first-order valence-corrected chi connectivity index (χ1v) is 7.61. The molecule has 0 atom stereocenters. The number of sulfonamides is 1. The van der Waals surface area contributed by atoms with E-state index in [1.165, 1.54) is 13.0 Å². The summed E-state index contributed by atoms with van der Waals surface area (Å²) in [5.74, 6) is -1.04. The van der Waals surface area contributed by atoms with E-state index in [-0.39, 0.29) is 24.3 Å². The molecule has 116 valence electrons. The highest BCUT2D eigenvalue weighted by Gasteiger charge is 2.28. The van der Waals surface area contributed by atoms with Crippen molar-refractivity contribution in [2.45, 2.75) is 31.6 Å². The van der Waals surface area contributed by atoms with Crippen LogP contribution in [0.1, 0.15) is 24.0 Å². The zero-order chi connectivity index (χ0) is 16.2. The van der Waals surface area contributed by atoms with Crippen LogP contribution in [0, 0.1) is 24.0 Å². The lowest BCUT2D eigenvalue weighted by Crippen LogP contribution is -2.27. The quantitative estimate of drug-likeness (QED) is 0.444. The summed E-state index contributed by atoms with van der Waals surface area (Å²) in [6.45, 7) is 3.05. The summed E-state index contributed by atoms with van der Waals surface area (Å²) in [6.07, 6.45) is -0.0787. The lowest BCUT2D eigenvalue weighted by Gasteiger charge is -2.11. The van der Waals surface area contributed by atoms with Crippen molar-refractivity contribution in [2.75, 3.05) is 6.54 Å². The molecule has 0 bridgehead atoms. The molecule has 0 spiro atoms. The topological polar surface area (TPSA) is 127 Å². The highest BCUT2D eigenvalue weighted by atomic mass is 32.2. The second-order valence-electron chi connectivity index (χ2n) is 4.51. The van der Waals surface area contributed by atoms with Gasteiger partial charge in [-0.05, 0) is 31.4 Å². The maximum atomic E-state index is 12.2. The number of carboxylic acid groups (broad SMARTS) is 1. The zero-order valence-electron chi connectivity index (χ0n) is 11.6. The van der Waals surface area contributed by atoms with Gasteiger partial charge in [-0.3, -0.25) is 14.9 Å². The van der Waals surface area contributed by atoms with Crippen LogP contribution >= 0.6 is 0 Å². The van der Waals surface area contributed by atoms with Gasteiger partial charge in [-0.1, -0.05) is 6.07 Å². The lowest BCUT2D eigenvalue weighted by atomic mass is 10.1. The molecule has 0 aliphatic heterocycles. The summed E-state index contributed by atoms with van der Waals surface area (Å²) in [7, 11) is -4.07. The van der Waals surface area contributed by atoms with Crippen LogP contribution in [0.5, 0.6) is 0 Å². The van der Waals surface area contributed by atoms with Crippen molar-refractivity contribution >= 4 is 21.7 Å². The molecule has 2 N–H and O–H groups in total. The van der Waals surface area contributed by atoms with E-state index in [1.54, 1.807) is 6.92 Å². The van der Waals surface area contributed by atoms with E-state index in [2.05, 4.69) is 4.72 Å². The van der Waals surface area contributed by atoms with Crippen LogP contribution in [0.25, 0.3) is 0 Å². The van der Waals surface area contributed by atoms with Crippen LogP contribution in [-0.4, -0.2) is 31.0 Å². The van der Waals surface area contributed by atoms with E-state index in [0.29, 0.717) is 11.1 Å². The average Bonchev–Trinajstić information content (AvgIpc) is 2.37. The van der Waals surface area contributed by atoms with Gasteiger partial charge in [0.2, 0.25) is 10.0 Å². The molecule has 0 aromatic heterocycles. The molecule has 0 unspecified atom stereocenters. The van der Waals surface area contributed by atoms with Gasteiger partial charge in [0.15, 0.2) is 4.90 Å². The number of carbonyl (C=O) groups is 1. The van der Waals surface area contributed by atoms with E-state index < -0.39 is 26.6 Å². The predicted molar refractivity (Wildman–Crippen MR) is 74.6 cm³/mol. The maximum absolute atomic E-state index is 12.2. The van der Waals surface area contributed by atoms with Crippen LogP contribution in [0.15, 0.2) is 17.0 Å². The summed E-state index contributed by atoms with van der Waals surface area (Å²) in [6, 6.07) is 2.63. The van der Waals surface area contributed by atoms with Gasteiger partial charge in [0.05, 0.1) is 4.92 Å². The summed E-state index contributed by atoms with van der Waals surface area (Å²) in [4.78, 5) is 20.2. The first-order valence-electron chi connectivity index (χ1n) is 6.13. The number of benzene rings is 1. The fourth-order valence-corrected chi connectivity index (χ4v) is 3.32. The fraction of sp³-hybridized carbons (Fsp3) is 0.417. The Bertz CT molecular complexity index is 669. The van der Waals surface area contributed by atoms with Crippen molar-refractivity contribution in [3.63, 3.8) is 0 Å². The van der Waals surface area contributed by atoms with E-state index >= 15 is 0 Å². The highest BCUT2D eigenvalue weighted by Crippen LogP contribution is 2.29. The number of nitro benzene ring substituents is 1. The number of rotatable bonds is 7. The van der Waals surface area contributed by atoms with Crippen LogP contribution in [0.2, 0.25) is 0 Å². The molecular weight excluding hydrogens is 300 g/mol. The van der Waals surface area contributed by atoms with E-state index in [9.17, 15) is 23.3 Å². The molecule has 8 nitrogen and oxygen atoms in total. The summed E-state index contributed by atoms with van der Waals surface area (Å²) < 4.78 is 26.6. The monoisotopic (exact) mass is 316 g/mol. The molecule has 0 saturated heterocycles. The largest absolute Gasteiger partial charge is 0.481 e. The third-order valence-electron chi connectivity index (χ3n) is 2.98. The number of carboxylic acids is 1. The van der Waals surface area contributed by atoms with E-state index in [0.717, 1.165) is 6.07 Å². The van der Waals surface area contributed by atoms with Crippen molar-refractivity contribution in [3.8, 4) is 0 Å². The number of hydrogen-bond acceptors (Lipinski definition) is 5. The molecule has 1 rings (SSSR count). The van der Waals surface area contributed by atoms with Gasteiger partial charge in [0, 0.05) is 19.0 Å². The van der Waals surface area contributed by atoms with Crippen LogP contribution < -0.4 is 4.72 Å². The SMILES string of the molecule is Cc1ccc([N+](=O)[O-])c(S(=O)(=O)NCCCC(=O)O)c1C. The van der Waals surface area contributed by atoms with Gasteiger partial charge >= 0.3 is 5.97 Å². The number of nitro groups is 1. The smallest absolute Gasteiger partial charge is 0.303 e.